The minimum atomic E-state index is 0.700. The zero-order valence-corrected chi connectivity index (χ0v) is 15.3. The standard InChI is InChI=1S/C16H30BrN3/c1-6-14-16(17)15(20(7-2)19-14)9-8-13(5)11-18-10-12(3)4/h12-13,18H,6-11H2,1-5H3. The zero-order chi connectivity index (χ0) is 15.1. The van der Waals surface area contributed by atoms with Crippen LogP contribution in [0.4, 0.5) is 0 Å². The summed E-state index contributed by atoms with van der Waals surface area (Å²) in [6.07, 6.45) is 3.30. The molecule has 0 aliphatic carbocycles. The van der Waals surface area contributed by atoms with Gasteiger partial charge in [0.2, 0.25) is 0 Å². The molecule has 0 aliphatic rings. The van der Waals surface area contributed by atoms with Gasteiger partial charge in [0.25, 0.3) is 0 Å². The van der Waals surface area contributed by atoms with Crippen molar-refractivity contribution in [3.05, 3.63) is 15.9 Å². The van der Waals surface area contributed by atoms with Crippen LogP contribution in [0.2, 0.25) is 0 Å². The fourth-order valence-corrected chi connectivity index (χ4v) is 3.12. The van der Waals surface area contributed by atoms with Crippen LogP contribution in [-0.2, 0) is 19.4 Å². The van der Waals surface area contributed by atoms with E-state index in [1.807, 2.05) is 0 Å². The summed E-state index contributed by atoms with van der Waals surface area (Å²) in [4.78, 5) is 0. The Kier molecular flexibility index (Phi) is 7.82. The van der Waals surface area contributed by atoms with Crippen molar-refractivity contribution in [1.29, 1.82) is 0 Å². The number of nitrogens with one attached hydrogen (secondary N) is 1. The molecule has 0 radical (unpaired) electrons. The Bertz CT molecular complexity index is 399. The van der Waals surface area contributed by atoms with Gasteiger partial charge in [-0.05, 0) is 67.0 Å². The molecule has 0 aromatic carbocycles. The monoisotopic (exact) mass is 343 g/mol. The average Bonchev–Trinajstić information content (AvgIpc) is 2.71. The van der Waals surface area contributed by atoms with E-state index in [9.17, 15) is 0 Å². The second-order valence-electron chi connectivity index (χ2n) is 6.07. The Hall–Kier alpha value is -0.350. The van der Waals surface area contributed by atoms with E-state index in [4.69, 9.17) is 0 Å². The summed E-state index contributed by atoms with van der Waals surface area (Å²) in [5.41, 5.74) is 2.55. The highest BCUT2D eigenvalue weighted by atomic mass is 79.9. The molecule has 1 aromatic heterocycles. The molecule has 0 aliphatic heterocycles. The molecule has 1 heterocycles. The van der Waals surface area contributed by atoms with Gasteiger partial charge in [-0.1, -0.05) is 27.7 Å². The molecule has 0 amide bonds. The summed E-state index contributed by atoms with van der Waals surface area (Å²) in [5, 5.41) is 8.21. The summed E-state index contributed by atoms with van der Waals surface area (Å²) >= 11 is 3.73. The first-order valence-corrected chi connectivity index (χ1v) is 8.73. The molecular formula is C16H30BrN3. The molecule has 1 unspecified atom stereocenters. The molecule has 1 N–H and O–H groups in total. The van der Waals surface area contributed by atoms with Crippen LogP contribution in [-0.4, -0.2) is 22.9 Å². The fourth-order valence-electron chi connectivity index (χ4n) is 2.36. The van der Waals surface area contributed by atoms with Gasteiger partial charge in [-0.15, -0.1) is 0 Å². The highest BCUT2D eigenvalue weighted by molar-refractivity contribution is 9.10. The lowest BCUT2D eigenvalue weighted by Gasteiger charge is -2.14. The van der Waals surface area contributed by atoms with Gasteiger partial charge in [-0.3, -0.25) is 4.68 Å². The first-order chi connectivity index (χ1) is 9.49. The predicted molar refractivity (Wildman–Crippen MR) is 90.2 cm³/mol. The van der Waals surface area contributed by atoms with Crippen LogP contribution in [0.15, 0.2) is 4.47 Å². The van der Waals surface area contributed by atoms with Crippen LogP contribution in [0.5, 0.6) is 0 Å². The van der Waals surface area contributed by atoms with E-state index in [-0.39, 0.29) is 0 Å². The van der Waals surface area contributed by atoms with Crippen LogP contribution >= 0.6 is 15.9 Å². The number of aromatic nitrogens is 2. The van der Waals surface area contributed by atoms with E-state index >= 15 is 0 Å². The molecule has 20 heavy (non-hydrogen) atoms. The maximum absolute atomic E-state index is 4.66. The largest absolute Gasteiger partial charge is 0.316 e. The third-order valence-corrected chi connectivity index (χ3v) is 4.53. The number of halogens is 1. The fraction of sp³-hybridized carbons (Fsp3) is 0.812. The Morgan fingerprint density at radius 3 is 2.45 bits per heavy atom. The lowest BCUT2D eigenvalue weighted by Crippen LogP contribution is -2.25. The van der Waals surface area contributed by atoms with E-state index in [0.29, 0.717) is 5.92 Å². The predicted octanol–water partition coefficient (Wildman–Crippen LogP) is 4.04. The molecule has 1 rings (SSSR count). The summed E-state index contributed by atoms with van der Waals surface area (Å²) < 4.78 is 3.38. The highest BCUT2D eigenvalue weighted by Crippen LogP contribution is 2.24. The molecule has 3 nitrogen and oxygen atoms in total. The van der Waals surface area contributed by atoms with Crippen LogP contribution in [0.1, 0.15) is 52.4 Å². The van der Waals surface area contributed by atoms with Crippen molar-refractivity contribution in [2.24, 2.45) is 11.8 Å². The number of rotatable bonds is 9. The van der Waals surface area contributed by atoms with Gasteiger partial charge in [-0.25, -0.2) is 0 Å². The summed E-state index contributed by atoms with van der Waals surface area (Å²) in [5.74, 6) is 1.43. The minimum absolute atomic E-state index is 0.700. The van der Waals surface area contributed by atoms with Crippen LogP contribution in [0.25, 0.3) is 0 Å². The molecule has 0 spiro atoms. The van der Waals surface area contributed by atoms with Gasteiger partial charge in [0.05, 0.1) is 15.9 Å². The van der Waals surface area contributed by atoms with E-state index in [2.05, 4.69) is 65.6 Å². The number of aryl methyl sites for hydroxylation is 2. The van der Waals surface area contributed by atoms with Gasteiger partial charge >= 0.3 is 0 Å². The summed E-state index contributed by atoms with van der Waals surface area (Å²) in [6.45, 7) is 14.3. The van der Waals surface area contributed by atoms with Crippen LogP contribution < -0.4 is 5.32 Å². The van der Waals surface area contributed by atoms with Crippen molar-refractivity contribution in [2.45, 2.75) is 60.4 Å². The Balaban J connectivity index is 2.50. The molecule has 116 valence electrons. The van der Waals surface area contributed by atoms with Gasteiger partial charge < -0.3 is 5.32 Å². The summed E-state index contributed by atoms with van der Waals surface area (Å²) in [7, 11) is 0. The normalized spacial score (nSPS) is 13.2. The van der Waals surface area contributed by atoms with Gasteiger partial charge in [0.1, 0.15) is 0 Å². The van der Waals surface area contributed by atoms with Gasteiger partial charge in [-0.2, -0.15) is 5.10 Å². The van der Waals surface area contributed by atoms with Gasteiger partial charge in [0, 0.05) is 6.54 Å². The quantitative estimate of drug-likeness (QED) is 0.733. The van der Waals surface area contributed by atoms with Crippen molar-refractivity contribution < 1.29 is 0 Å². The zero-order valence-electron chi connectivity index (χ0n) is 13.7. The van der Waals surface area contributed by atoms with E-state index in [0.717, 1.165) is 38.4 Å². The molecule has 1 aromatic rings. The average molecular weight is 344 g/mol. The topological polar surface area (TPSA) is 29.9 Å². The van der Waals surface area contributed by atoms with Gasteiger partial charge in [0.15, 0.2) is 0 Å². The van der Waals surface area contributed by atoms with E-state index in [1.165, 1.54) is 22.3 Å². The smallest absolute Gasteiger partial charge is 0.0766 e. The molecule has 0 fully saturated rings. The minimum Gasteiger partial charge on any atom is -0.316 e. The Labute approximate surface area is 132 Å². The van der Waals surface area contributed by atoms with Crippen molar-refractivity contribution in [1.82, 2.24) is 15.1 Å². The maximum atomic E-state index is 4.66. The second kappa shape index (κ2) is 8.83. The van der Waals surface area contributed by atoms with E-state index < -0.39 is 0 Å². The van der Waals surface area contributed by atoms with Crippen molar-refractivity contribution in [3.8, 4) is 0 Å². The molecule has 4 heteroatoms. The number of nitrogens with zero attached hydrogens (tertiary/aromatic N) is 2. The Morgan fingerprint density at radius 2 is 1.90 bits per heavy atom. The Morgan fingerprint density at radius 1 is 1.20 bits per heavy atom. The number of hydrogen-bond donors (Lipinski definition) is 1. The SMILES string of the molecule is CCc1nn(CC)c(CCC(C)CNCC(C)C)c1Br. The summed E-state index contributed by atoms with van der Waals surface area (Å²) in [6, 6.07) is 0. The van der Waals surface area contributed by atoms with Crippen molar-refractivity contribution >= 4 is 15.9 Å². The maximum Gasteiger partial charge on any atom is 0.0766 e. The molecule has 0 saturated heterocycles. The molecule has 0 saturated carbocycles. The van der Waals surface area contributed by atoms with E-state index in [1.54, 1.807) is 0 Å². The first-order valence-electron chi connectivity index (χ1n) is 7.94. The lowest BCUT2D eigenvalue weighted by molar-refractivity contribution is 0.447. The molecular weight excluding hydrogens is 314 g/mol. The first kappa shape index (κ1) is 17.7. The number of hydrogen-bond acceptors (Lipinski definition) is 2. The van der Waals surface area contributed by atoms with Crippen LogP contribution in [0.3, 0.4) is 0 Å². The highest BCUT2D eigenvalue weighted by Gasteiger charge is 2.14. The van der Waals surface area contributed by atoms with Crippen LogP contribution in [0, 0.1) is 11.8 Å². The second-order valence-corrected chi connectivity index (χ2v) is 6.87. The molecule has 1 atom stereocenters. The lowest BCUT2D eigenvalue weighted by atomic mass is 10.0. The third-order valence-electron chi connectivity index (χ3n) is 3.61. The third kappa shape index (κ3) is 5.21. The van der Waals surface area contributed by atoms with Crippen molar-refractivity contribution in [2.75, 3.05) is 13.1 Å². The van der Waals surface area contributed by atoms with Crippen molar-refractivity contribution in [3.63, 3.8) is 0 Å². The molecule has 0 bridgehead atoms.